The summed E-state index contributed by atoms with van der Waals surface area (Å²) in [4.78, 5) is 24.1. The molecule has 2 atom stereocenters. The maximum Gasteiger partial charge on any atom is 0.269 e. The maximum absolute atomic E-state index is 12.2. The Morgan fingerprint density at radius 1 is 1.58 bits per heavy atom. The lowest BCUT2D eigenvalue weighted by atomic mass is 9.99. The van der Waals surface area contributed by atoms with Crippen molar-refractivity contribution in [2.75, 3.05) is 13.1 Å². The molecule has 0 spiro atoms. The van der Waals surface area contributed by atoms with Crippen LogP contribution in [0.25, 0.3) is 0 Å². The maximum atomic E-state index is 12.2. The molecule has 1 N–H and O–H groups in total. The summed E-state index contributed by atoms with van der Waals surface area (Å²) in [5.41, 5.74) is 0.610. The summed E-state index contributed by atoms with van der Waals surface area (Å²) >= 11 is 0. The van der Waals surface area contributed by atoms with E-state index in [1.807, 2.05) is 0 Å². The van der Waals surface area contributed by atoms with Crippen molar-refractivity contribution >= 4 is 11.6 Å². The Morgan fingerprint density at radius 2 is 2.32 bits per heavy atom. The van der Waals surface area contributed by atoms with Gasteiger partial charge in [0.2, 0.25) is 5.91 Å². The van der Waals surface area contributed by atoms with E-state index in [9.17, 15) is 20.0 Å². The molecule has 1 aromatic rings. The first-order valence-corrected chi connectivity index (χ1v) is 6.20. The van der Waals surface area contributed by atoms with Gasteiger partial charge < -0.3 is 10.0 Å². The molecule has 1 saturated heterocycles. The van der Waals surface area contributed by atoms with Crippen LogP contribution in [-0.2, 0) is 4.79 Å². The van der Waals surface area contributed by atoms with Gasteiger partial charge in [0.15, 0.2) is 0 Å². The first-order valence-electron chi connectivity index (χ1n) is 6.20. The minimum Gasteiger partial charge on any atom is -0.391 e. The lowest BCUT2D eigenvalue weighted by molar-refractivity contribution is -0.384. The third-order valence-corrected chi connectivity index (χ3v) is 3.43. The minimum absolute atomic E-state index is 0.0152. The van der Waals surface area contributed by atoms with E-state index in [1.165, 1.54) is 12.1 Å². The van der Waals surface area contributed by atoms with Crippen molar-refractivity contribution in [2.24, 2.45) is 0 Å². The first-order chi connectivity index (χ1) is 8.99. The van der Waals surface area contributed by atoms with Crippen LogP contribution in [0.1, 0.15) is 24.8 Å². The molecule has 19 heavy (non-hydrogen) atoms. The summed E-state index contributed by atoms with van der Waals surface area (Å²) < 4.78 is 0. The fourth-order valence-electron chi connectivity index (χ4n) is 2.27. The molecule has 0 radical (unpaired) electrons. The highest BCUT2D eigenvalue weighted by Crippen LogP contribution is 2.24. The Kier molecular flexibility index (Phi) is 3.80. The van der Waals surface area contributed by atoms with Crippen molar-refractivity contribution in [3.8, 4) is 0 Å². The van der Waals surface area contributed by atoms with Crippen molar-refractivity contribution in [1.82, 2.24) is 4.90 Å². The summed E-state index contributed by atoms with van der Waals surface area (Å²) in [6.45, 7) is 2.61. The number of benzene rings is 1. The van der Waals surface area contributed by atoms with Gasteiger partial charge in [-0.2, -0.15) is 0 Å². The summed E-state index contributed by atoms with van der Waals surface area (Å²) in [5, 5.41) is 20.2. The predicted molar refractivity (Wildman–Crippen MR) is 68.7 cm³/mol. The number of carbonyl (C=O) groups excluding carboxylic acids is 1. The number of nitro groups is 1. The van der Waals surface area contributed by atoms with Gasteiger partial charge >= 0.3 is 0 Å². The monoisotopic (exact) mass is 264 g/mol. The van der Waals surface area contributed by atoms with Gasteiger partial charge in [0.1, 0.15) is 0 Å². The van der Waals surface area contributed by atoms with Crippen LogP contribution in [0.15, 0.2) is 24.3 Å². The standard InChI is InChI=1S/C13H16N2O4/c1-9(13(17)14-6-5-12(16)8-14)10-3-2-4-11(7-10)15(18)19/h2-4,7,9,12,16H,5-6,8H2,1H3/t9?,12-/m1/s1. The van der Waals surface area contributed by atoms with Crippen molar-refractivity contribution in [2.45, 2.75) is 25.4 Å². The molecule has 6 nitrogen and oxygen atoms in total. The highest BCUT2D eigenvalue weighted by atomic mass is 16.6. The molecule has 2 rings (SSSR count). The van der Waals surface area contributed by atoms with Gasteiger partial charge in [0, 0.05) is 25.2 Å². The fourth-order valence-corrected chi connectivity index (χ4v) is 2.27. The van der Waals surface area contributed by atoms with Crippen LogP contribution in [0, 0.1) is 10.1 Å². The number of rotatable bonds is 3. The van der Waals surface area contributed by atoms with Gasteiger partial charge in [-0.25, -0.2) is 0 Å². The van der Waals surface area contributed by atoms with E-state index < -0.39 is 16.9 Å². The van der Waals surface area contributed by atoms with Gasteiger partial charge in [0.05, 0.1) is 16.9 Å². The van der Waals surface area contributed by atoms with E-state index in [2.05, 4.69) is 0 Å². The number of likely N-dealkylation sites (tertiary alicyclic amines) is 1. The topological polar surface area (TPSA) is 83.7 Å². The number of nitro benzene ring substituents is 1. The Labute approximate surface area is 110 Å². The number of aliphatic hydroxyl groups excluding tert-OH is 1. The molecule has 0 aromatic heterocycles. The largest absolute Gasteiger partial charge is 0.391 e. The third kappa shape index (κ3) is 2.90. The van der Waals surface area contributed by atoms with E-state index in [-0.39, 0.29) is 11.6 Å². The minimum atomic E-state index is -0.472. The molecule has 1 unspecified atom stereocenters. The number of carbonyl (C=O) groups is 1. The third-order valence-electron chi connectivity index (χ3n) is 3.43. The molecule has 1 aliphatic heterocycles. The molecule has 1 fully saturated rings. The highest BCUT2D eigenvalue weighted by Gasteiger charge is 2.28. The number of aliphatic hydroxyl groups is 1. The predicted octanol–water partition coefficient (Wildman–Crippen LogP) is 1.29. The van der Waals surface area contributed by atoms with Crippen LogP contribution in [0.2, 0.25) is 0 Å². The van der Waals surface area contributed by atoms with E-state index in [1.54, 1.807) is 24.0 Å². The van der Waals surface area contributed by atoms with Crippen LogP contribution in [-0.4, -0.2) is 40.0 Å². The number of nitrogens with zero attached hydrogens (tertiary/aromatic N) is 2. The zero-order chi connectivity index (χ0) is 14.0. The van der Waals surface area contributed by atoms with Crippen LogP contribution in [0.5, 0.6) is 0 Å². The Balaban J connectivity index is 2.14. The zero-order valence-corrected chi connectivity index (χ0v) is 10.7. The molecule has 0 aliphatic carbocycles. The molecular weight excluding hydrogens is 248 g/mol. The van der Waals surface area contributed by atoms with Crippen molar-refractivity contribution in [3.63, 3.8) is 0 Å². The molecule has 1 aromatic carbocycles. The summed E-state index contributed by atoms with van der Waals surface area (Å²) in [7, 11) is 0. The van der Waals surface area contributed by atoms with Gasteiger partial charge in [-0.15, -0.1) is 0 Å². The zero-order valence-electron chi connectivity index (χ0n) is 10.7. The van der Waals surface area contributed by atoms with Gasteiger partial charge in [-0.05, 0) is 18.9 Å². The molecule has 0 bridgehead atoms. The van der Waals surface area contributed by atoms with Crippen LogP contribution < -0.4 is 0 Å². The van der Waals surface area contributed by atoms with Crippen LogP contribution in [0.4, 0.5) is 5.69 Å². The van der Waals surface area contributed by atoms with Gasteiger partial charge in [-0.3, -0.25) is 14.9 Å². The summed E-state index contributed by atoms with van der Waals surface area (Å²) in [6.07, 6.45) is 0.134. The SMILES string of the molecule is CC(C(=O)N1CC[C@@H](O)C1)c1cccc([N+](=O)[O-])c1. The molecular formula is C13H16N2O4. The molecule has 1 amide bonds. The number of non-ortho nitro benzene ring substituents is 1. The number of amides is 1. The molecule has 102 valence electrons. The lowest BCUT2D eigenvalue weighted by Gasteiger charge is -2.20. The Morgan fingerprint density at radius 3 is 2.89 bits per heavy atom. The Bertz CT molecular complexity index is 503. The van der Waals surface area contributed by atoms with E-state index in [0.717, 1.165) is 0 Å². The number of hydrogen-bond donors (Lipinski definition) is 1. The van der Waals surface area contributed by atoms with E-state index >= 15 is 0 Å². The second-order valence-corrected chi connectivity index (χ2v) is 4.80. The van der Waals surface area contributed by atoms with Gasteiger partial charge in [-0.1, -0.05) is 12.1 Å². The second-order valence-electron chi connectivity index (χ2n) is 4.80. The fraction of sp³-hybridized carbons (Fsp3) is 0.462. The van der Waals surface area contributed by atoms with Crippen LogP contribution >= 0.6 is 0 Å². The lowest BCUT2D eigenvalue weighted by Crippen LogP contribution is -2.33. The average Bonchev–Trinajstić information content (AvgIpc) is 2.84. The molecule has 0 saturated carbocycles. The van der Waals surface area contributed by atoms with Gasteiger partial charge in [0.25, 0.3) is 5.69 Å². The quantitative estimate of drug-likeness (QED) is 0.658. The van der Waals surface area contributed by atoms with Crippen molar-refractivity contribution < 1.29 is 14.8 Å². The van der Waals surface area contributed by atoms with Crippen molar-refractivity contribution in [3.05, 3.63) is 39.9 Å². The average molecular weight is 264 g/mol. The second kappa shape index (κ2) is 5.36. The molecule has 6 heteroatoms. The highest BCUT2D eigenvalue weighted by molar-refractivity contribution is 5.83. The van der Waals surface area contributed by atoms with Crippen LogP contribution in [0.3, 0.4) is 0 Å². The molecule has 1 aliphatic rings. The van der Waals surface area contributed by atoms with E-state index in [0.29, 0.717) is 25.1 Å². The Hall–Kier alpha value is -1.95. The molecule has 1 heterocycles. The smallest absolute Gasteiger partial charge is 0.269 e. The normalized spacial score (nSPS) is 20.3. The first kappa shape index (κ1) is 13.5. The summed E-state index contributed by atoms with van der Waals surface area (Å²) in [6, 6.07) is 6.12. The number of hydrogen-bond acceptors (Lipinski definition) is 4. The van der Waals surface area contributed by atoms with E-state index in [4.69, 9.17) is 0 Å². The van der Waals surface area contributed by atoms with Crippen molar-refractivity contribution in [1.29, 1.82) is 0 Å². The number of β-amino-alcohol motifs (C(OH)–C–C–N with tert-alkyl or cyclic N) is 1. The summed E-state index contributed by atoms with van der Waals surface area (Å²) in [5.74, 6) is -0.540.